The lowest BCUT2D eigenvalue weighted by molar-refractivity contribution is 0.357. The average molecular weight is 433 g/mol. The van der Waals surface area contributed by atoms with Crippen molar-refractivity contribution in [1.29, 1.82) is 0 Å². The summed E-state index contributed by atoms with van der Waals surface area (Å²) in [5.74, 6) is 0. The lowest BCUT2D eigenvalue weighted by Crippen LogP contribution is -2.24. The standard InChI is InChI=1S/C22H17ClN6O2/c1-31-21-26-29(22(30)27(21)13-15-4-6-17(23)7-5-15)18-8-9-20-16(11-18)14-28(25-20)19-3-2-10-24-12-19/h2-12,14H,13H2,1H3. The molecule has 0 saturated heterocycles. The Morgan fingerprint density at radius 1 is 1.03 bits per heavy atom. The molecule has 0 fully saturated rings. The van der Waals surface area contributed by atoms with Gasteiger partial charge >= 0.3 is 11.7 Å². The molecule has 2 aromatic carbocycles. The number of nitrogens with zero attached hydrogens (tertiary/aromatic N) is 6. The Labute approximate surface area is 181 Å². The summed E-state index contributed by atoms with van der Waals surface area (Å²) in [5.41, 5.74) is 2.89. The van der Waals surface area contributed by atoms with Crippen LogP contribution in [-0.4, -0.2) is 36.2 Å². The van der Waals surface area contributed by atoms with Gasteiger partial charge in [0.2, 0.25) is 0 Å². The van der Waals surface area contributed by atoms with Gasteiger partial charge in [-0.05, 0) is 48.0 Å². The zero-order valence-electron chi connectivity index (χ0n) is 16.5. The number of pyridine rings is 1. The first-order valence-electron chi connectivity index (χ1n) is 9.51. The summed E-state index contributed by atoms with van der Waals surface area (Å²) in [6, 6.07) is 16.8. The number of aromatic nitrogens is 6. The maximum Gasteiger partial charge on any atom is 0.353 e. The number of hydrogen-bond acceptors (Lipinski definition) is 5. The summed E-state index contributed by atoms with van der Waals surface area (Å²) in [7, 11) is 1.49. The first-order chi connectivity index (χ1) is 15.1. The maximum atomic E-state index is 13.1. The summed E-state index contributed by atoms with van der Waals surface area (Å²) < 4.78 is 9.92. The van der Waals surface area contributed by atoms with E-state index < -0.39 is 0 Å². The van der Waals surface area contributed by atoms with Gasteiger partial charge in [-0.2, -0.15) is 9.78 Å². The van der Waals surface area contributed by atoms with Gasteiger partial charge in [0.25, 0.3) is 0 Å². The van der Waals surface area contributed by atoms with Crippen LogP contribution in [0.2, 0.25) is 5.02 Å². The van der Waals surface area contributed by atoms with Crippen molar-refractivity contribution >= 4 is 22.5 Å². The second-order valence-corrected chi connectivity index (χ2v) is 7.36. The van der Waals surface area contributed by atoms with Crippen molar-refractivity contribution < 1.29 is 4.74 Å². The monoisotopic (exact) mass is 432 g/mol. The van der Waals surface area contributed by atoms with E-state index in [4.69, 9.17) is 16.3 Å². The van der Waals surface area contributed by atoms with E-state index in [1.165, 1.54) is 16.4 Å². The lowest BCUT2D eigenvalue weighted by Gasteiger charge is -2.04. The van der Waals surface area contributed by atoms with Crippen molar-refractivity contribution in [3.05, 3.63) is 94.3 Å². The minimum Gasteiger partial charge on any atom is -0.467 e. The third kappa shape index (κ3) is 3.57. The molecule has 9 heteroatoms. The quantitative estimate of drug-likeness (QED) is 0.425. The number of halogens is 1. The Balaban J connectivity index is 1.54. The zero-order chi connectivity index (χ0) is 21.4. The topological polar surface area (TPSA) is 79.8 Å². The highest BCUT2D eigenvalue weighted by molar-refractivity contribution is 6.30. The highest BCUT2D eigenvalue weighted by Gasteiger charge is 2.16. The van der Waals surface area contributed by atoms with Crippen molar-refractivity contribution in [3.63, 3.8) is 0 Å². The Kier molecular flexibility index (Phi) is 4.76. The molecular formula is C22H17ClN6O2. The van der Waals surface area contributed by atoms with Crippen molar-refractivity contribution in [2.45, 2.75) is 6.54 Å². The van der Waals surface area contributed by atoms with Gasteiger partial charge in [0, 0.05) is 22.8 Å². The van der Waals surface area contributed by atoms with Crippen molar-refractivity contribution in [2.75, 3.05) is 7.11 Å². The van der Waals surface area contributed by atoms with E-state index in [9.17, 15) is 4.79 Å². The second-order valence-electron chi connectivity index (χ2n) is 6.92. The van der Waals surface area contributed by atoms with E-state index in [2.05, 4.69) is 15.2 Å². The SMILES string of the molecule is COc1nn(-c2ccc3nn(-c4cccnc4)cc3c2)c(=O)n1Cc1ccc(Cl)cc1. The fourth-order valence-corrected chi connectivity index (χ4v) is 3.50. The summed E-state index contributed by atoms with van der Waals surface area (Å²) in [6.45, 7) is 0.320. The number of rotatable bonds is 5. The smallest absolute Gasteiger partial charge is 0.353 e. The van der Waals surface area contributed by atoms with Gasteiger partial charge in [-0.15, -0.1) is 5.10 Å². The molecule has 0 aliphatic heterocycles. The number of methoxy groups -OCH3 is 1. The van der Waals surface area contributed by atoms with Crippen LogP contribution in [0.25, 0.3) is 22.3 Å². The number of ether oxygens (including phenoxy) is 1. The van der Waals surface area contributed by atoms with E-state index in [1.807, 2.05) is 48.7 Å². The molecule has 5 rings (SSSR count). The summed E-state index contributed by atoms with van der Waals surface area (Å²) in [5, 5.41) is 10.4. The Bertz CT molecular complexity index is 1420. The third-order valence-corrected chi connectivity index (χ3v) is 5.16. The molecule has 0 aliphatic carbocycles. The molecule has 0 saturated carbocycles. The molecule has 0 N–H and O–H groups in total. The van der Waals surface area contributed by atoms with Gasteiger partial charge in [0.15, 0.2) is 0 Å². The van der Waals surface area contributed by atoms with Crippen molar-refractivity contribution in [2.24, 2.45) is 0 Å². The first-order valence-corrected chi connectivity index (χ1v) is 9.89. The Morgan fingerprint density at radius 2 is 1.87 bits per heavy atom. The summed E-state index contributed by atoms with van der Waals surface area (Å²) in [6.07, 6.45) is 5.34. The molecule has 0 atom stereocenters. The van der Waals surface area contributed by atoms with Gasteiger partial charge in [0.1, 0.15) is 0 Å². The van der Waals surface area contributed by atoms with Crippen LogP contribution < -0.4 is 10.4 Å². The van der Waals surface area contributed by atoms with E-state index in [0.29, 0.717) is 17.3 Å². The molecule has 8 nitrogen and oxygen atoms in total. The number of fused-ring (bicyclic) bond motifs is 1. The van der Waals surface area contributed by atoms with E-state index in [0.717, 1.165) is 22.2 Å². The summed E-state index contributed by atoms with van der Waals surface area (Å²) in [4.78, 5) is 17.2. The van der Waals surface area contributed by atoms with Crippen LogP contribution in [0.1, 0.15) is 5.56 Å². The van der Waals surface area contributed by atoms with Crippen molar-refractivity contribution in [3.8, 4) is 17.4 Å². The lowest BCUT2D eigenvalue weighted by atomic mass is 10.2. The molecule has 0 unspecified atom stereocenters. The highest BCUT2D eigenvalue weighted by atomic mass is 35.5. The van der Waals surface area contributed by atoms with Crippen LogP contribution in [-0.2, 0) is 6.54 Å². The molecule has 0 amide bonds. The van der Waals surface area contributed by atoms with Crippen LogP contribution in [0.15, 0.2) is 78.0 Å². The van der Waals surface area contributed by atoms with Gasteiger partial charge in [-0.3, -0.25) is 4.98 Å². The minimum absolute atomic E-state index is 0.228. The van der Waals surface area contributed by atoms with Gasteiger partial charge < -0.3 is 4.74 Å². The van der Waals surface area contributed by atoms with Gasteiger partial charge in [-0.1, -0.05) is 23.7 Å². The maximum absolute atomic E-state index is 13.1. The molecule has 5 aromatic rings. The van der Waals surface area contributed by atoms with Gasteiger partial charge in [-0.25, -0.2) is 14.0 Å². The molecule has 154 valence electrons. The third-order valence-electron chi connectivity index (χ3n) is 4.91. The fourth-order valence-electron chi connectivity index (χ4n) is 3.37. The predicted molar refractivity (Wildman–Crippen MR) is 117 cm³/mol. The van der Waals surface area contributed by atoms with Crippen LogP contribution >= 0.6 is 11.6 Å². The highest BCUT2D eigenvalue weighted by Crippen LogP contribution is 2.20. The molecular weight excluding hydrogens is 416 g/mol. The molecule has 3 aromatic heterocycles. The van der Waals surface area contributed by atoms with E-state index >= 15 is 0 Å². The fraction of sp³-hybridized carbons (Fsp3) is 0.0909. The van der Waals surface area contributed by atoms with Crippen LogP contribution in [0.5, 0.6) is 6.01 Å². The van der Waals surface area contributed by atoms with Gasteiger partial charge in [0.05, 0.1) is 36.7 Å². The van der Waals surface area contributed by atoms with Crippen LogP contribution in [0.4, 0.5) is 0 Å². The largest absolute Gasteiger partial charge is 0.467 e. The minimum atomic E-state index is -0.300. The summed E-state index contributed by atoms with van der Waals surface area (Å²) >= 11 is 5.96. The predicted octanol–water partition coefficient (Wildman–Crippen LogP) is 3.48. The van der Waals surface area contributed by atoms with Crippen LogP contribution in [0.3, 0.4) is 0 Å². The number of hydrogen-bond donors (Lipinski definition) is 0. The van der Waals surface area contributed by atoms with E-state index in [1.54, 1.807) is 29.2 Å². The van der Waals surface area contributed by atoms with Crippen molar-refractivity contribution in [1.82, 2.24) is 29.1 Å². The Morgan fingerprint density at radius 3 is 2.61 bits per heavy atom. The van der Waals surface area contributed by atoms with E-state index in [-0.39, 0.29) is 11.7 Å². The molecule has 0 aliphatic rings. The second kappa shape index (κ2) is 7.73. The molecule has 0 spiro atoms. The first kappa shape index (κ1) is 19.1. The molecule has 31 heavy (non-hydrogen) atoms. The molecule has 0 bridgehead atoms. The normalized spacial score (nSPS) is 11.2. The Hall–Kier alpha value is -3.91. The average Bonchev–Trinajstić information content (AvgIpc) is 3.36. The van der Waals surface area contributed by atoms with Crippen LogP contribution in [0, 0.1) is 0 Å². The number of benzene rings is 2. The zero-order valence-corrected chi connectivity index (χ0v) is 17.3. The molecule has 3 heterocycles. The molecule has 0 radical (unpaired) electrons.